The number of hydroxylamine groups is 2. The molecule has 1 N–H and O–H groups in total. The third kappa shape index (κ3) is 2.87. The van der Waals surface area contributed by atoms with E-state index in [4.69, 9.17) is 5.21 Å². The van der Waals surface area contributed by atoms with Crippen LogP contribution in [-0.4, -0.2) is 17.3 Å². The van der Waals surface area contributed by atoms with Crippen molar-refractivity contribution in [2.24, 2.45) is 0 Å². The Morgan fingerprint density at radius 2 is 1.91 bits per heavy atom. The molecule has 0 saturated carbocycles. The Morgan fingerprint density at radius 3 is 2.45 bits per heavy atom. The van der Waals surface area contributed by atoms with Crippen LogP contribution >= 0.6 is 0 Å². The summed E-state index contributed by atoms with van der Waals surface area (Å²) in [6.07, 6.45) is 3.43. The summed E-state index contributed by atoms with van der Waals surface area (Å²) in [6.45, 7) is 0. The molecular weight excluding hydrogens is 138 g/mol. The van der Waals surface area contributed by atoms with Crippen molar-refractivity contribution in [3.8, 4) is 0 Å². The average molecular weight is 149 g/mol. The van der Waals surface area contributed by atoms with Crippen LogP contribution in [0.2, 0.25) is 0 Å². The normalized spacial score (nSPS) is 10.4. The summed E-state index contributed by atoms with van der Waals surface area (Å²) in [5.41, 5.74) is 1.08. The Labute approximate surface area is 66.3 Å². The first-order valence-electron chi connectivity index (χ1n) is 3.44. The maximum absolute atomic E-state index is 8.76. The predicted molar refractivity (Wildman–Crippen MR) is 45.0 cm³/mol. The van der Waals surface area contributed by atoms with Gasteiger partial charge in [0.25, 0.3) is 0 Å². The highest BCUT2D eigenvalue weighted by Gasteiger charge is 1.82. The van der Waals surface area contributed by atoms with Gasteiger partial charge in [0.1, 0.15) is 0 Å². The Bertz CT molecular complexity index is 229. The first kappa shape index (κ1) is 7.82. The van der Waals surface area contributed by atoms with Gasteiger partial charge in [-0.05, 0) is 11.6 Å². The number of hydrogen-bond donors (Lipinski definition) is 1. The zero-order chi connectivity index (χ0) is 8.10. The molecule has 2 heteroatoms. The van der Waals surface area contributed by atoms with Crippen molar-refractivity contribution in [1.29, 1.82) is 0 Å². The van der Waals surface area contributed by atoms with Gasteiger partial charge in [-0.3, -0.25) is 10.3 Å². The van der Waals surface area contributed by atoms with Crippen molar-refractivity contribution in [3.63, 3.8) is 0 Å². The van der Waals surface area contributed by atoms with Crippen LogP contribution in [0.3, 0.4) is 0 Å². The van der Waals surface area contributed by atoms with E-state index in [0.29, 0.717) is 0 Å². The van der Waals surface area contributed by atoms with Crippen molar-refractivity contribution < 1.29 is 5.21 Å². The molecule has 0 amide bonds. The summed E-state index contributed by atoms with van der Waals surface area (Å²) < 4.78 is 0. The Balaban J connectivity index is 2.65. The van der Waals surface area contributed by atoms with Crippen molar-refractivity contribution in [2.75, 3.05) is 7.05 Å². The number of benzene rings is 1. The molecule has 0 radical (unpaired) electrons. The fraction of sp³-hybridized carbons (Fsp3) is 0.111. The lowest BCUT2D eigenvalue weighted by Gasteiger charge is -2.00. The van der Waals surface area contributed by atoms with Crippen molar-refractivity contribution in [1.82, 2.24) is 5.06 Å². The molecule has 0 heterocycles. The molecule has 1 rings (SSSR count). The zero-order valence-corrected chi connectivity index (χ0v) is 6.44. The highest BCUT2D eigenvalue weighted by atomic mass is 16.5. The minimum absolute atomic E-state index is 1.02. The molecular formula is C9H11NO. The number of hydrogen-bond acceptors (Lipinski definition) is 2. The molecule has 0 spiro atoms. The Hall–Kier alpha value is -1.28. The van der Waals surface area contributed by atoms with Gasteiger partial charge in [0, 0.05) is 13.2 Å². The van der Waals surface area contributed by atoms with Crippen LogP contribution in [-0.2, 0) is 0 Å². The highest BCUT2D eigenvalue weighted by Crippen LogP contribution is 2.00. The molecule has 0 saturated heterocycles. The second kappa shape index (κ2) is 3.78. The van der Waals surface area contributed by atoms with Gasteiger partial charge in [-0.25, -0.2) is 0 Å². The molecule has 0 atom stereocenters. The van der Waals surface area contributed by atoms with Gasteiger partial charge in [0.05, 0.1) is 0 Å². The lowest BCUT2D eigenvalue weighted by molar-refractivity contribution is -0.0118. The fourth-order valence-corrected chi connectivity index (χ4v) is 0.758. The van der Waals surface area contributed by atoms with E-state index in [0.717, 1.165) is 10.6 Å². The third-order valence-electron chi connectivity index (χ3n) is 1.28. The van der Waals surface area contributed by atoms with Crippen molar-refractivity contribution in [2.45, 2.75) is 0 Å². The maximum atomic E-state index is 8.76. The summed E-state index contributed by atoms with van der Waals surface area (Å²) in [7, 11) is 1.57. The van der Waals surface area contributed by atoms with Crippen LogP contribution in [0.15, 0.2) is 36.5 Å². The van der Waals surface area contributed by atoms with E-state index in [-0.39, 0.29) is 0 Å². The molecule has 2 nitrogen and oxygen atoms in total. The molecule has 0 aliphatic carbocycles. The van der Waals surface area contributed by atoms with Crippen LogP contribution in [0.5, 0.6) is 0 Å². The van der Waals surface area contributed by atoms with Gasteiger partial charge < -0.3 is 0 Å². The largest absolute Gasteiger partial charge is 0.289 e. The van der Waals surface area contributed by atoms with Crippen LogP contribution in [0.1, 0.15) is 5.56 Å². The molecule has 0 unspecified atom stereocenters. The highest BCUT2D eigenvalue weighted by molar-refractivity contribution is 5.47. The summed E-state index contributed by atoms with van der Waals surface area (Å²) >= 11 is 0. The monoisotopic (exact) mass is 149 g/mol. The lowest BCUT2D eigenvalue weighted by Crippen LogP contribution is -2.00. The molecule has 0 aliphatic heterocycles. The van der Waals surface area contributed by atoms with Crippen LogP contribution in [0.4, 0.5) is 0 Å². The molecule has 0 bridgehead atoms. The minimum atomic E-state index is 1.02. The molecule has 1 aromatic rings. The van der Waals surface area contributed by atoms with Crippen LogP contribution in [0.25, 0.3) is 6.08 Å². The maximum Gasteiger partial charge on any atom is 0.0334 e. The average Bonchev–Trinajstić information content (AvgIpc) is 2.03. The second-order valence-corrected chi connectivity index (χ2v) is 2.30. The number of rotatable bonds is 2. The number of nitrogens with zero attached hydrogens (tertiary/aromatic N) is 1. The minimum Gasteiger partial charge on any atom is -0.289 e. The van der Waals surface area contributed by atoms with E-state index in [1.165, 1.54) is 0 Å². The van der Waals surface area contributed by atoms with Gasteiger partial charge in [0.2, 0.25) is 0 Å². The standard InChI is InChI=1S/C9H11NO/c1-10(11)8-7-9-5-3-2-4-6-9/h2-8,11H,1H3. The first-order chi connectivity index (χ1) is 5.29. The second-order valence-electron chi connectivity index (χ2n) is 2.30. The van der Waals surface area contributed by atoms with Gasteiger partial charge >= 0.3 is 0 Å². The molecule has 11 heavy (non-hydrogen) atoms. The quantitative estimate of drug-likeness (QED) is 0.650. The fourth-order valence-electron chi connectivity index (χ4n) is 0.758. The van der Waals surface area contributed by atoms with Gasteiger partial charge in [0.15, 0.2) is 0 Å². The van der Waals surface area contributed by atoms with E-state index in [1.54, 1.807) is 13.2 Å². The Morgan fingerprint density at radius 1 is 1.27 bits per heavy atom. The van der Waals surface area contributed by atoms with E-state index >= 15 is 0 Å². The first-order valence-corrected chi connectivity index (χ1v) is 3.44. The molecule has 0 fully saturated rings. The summed E-state index contributed by atoms with van der Waals surface area (Å²) in [5, 5.41) is 9.78. The molecule has 0 aromatic heterocycles. The summed E-state index contributed by atoms with van der Waals surface area (Å²) in [6, 6.07) is 9.81. The van der Waals surface area contributed by atoms with Gasteiger partial charge in [-0.1, -0.05) is 30.3 Å². The van der Waals surface area contributed by atoms with E-state index in [9.17, 15) is 0 Å². The SMILES string of the molecule is CN(O)C=Cc1ccccc1. The van der Waals surface area contributed by atoms with Crippen LogP contribution < -0.4 is 0 Å². The van der Waals surface area contributed by atoms with E-state index in [2.05, 4.69) is 0 Å². The molecule has 58 valence electrons. The van der Waals surface area contributed by atoms with Crippen LogP contribution in [0, 0.1) is 0 Å². The summed E-state index contributed by atoms with van der Waals surface area (Å²) in [5.74, 6) is 0. The van der Waals surface area contributed by atoms with Gasteiger partial charge in [-0.2, -0.15) is 0 Å². The predicted octanol–water partition coefficient (Wildman–Crippen LogP) is 1.98. The van der Waals surface area contributed by atoms with Gasteiger partial charge in [-0.15, -0.1) is 0 Å². The lowest BCUT2D eigenvalue weighted by atomic mass is 10.2. The Kier molecular flexibility index (Phi) is 2.69. The topological polar surface area (TPSA) is 23.5 Å². The van der Waals surface area contributed by atoms with Crippen molar-refractivity contribution >= 4 is 6.08 Å². The van der Waals surface area contributed by atoms with Crippen molar-refractivity contribution in [3.05, 3.63) is 42.1 Å². The smallest absolute Gasteiger partial charge is 0.0334 e. The zero-order valence-electron chi connectivity index (χ0n) is 6.44. The molecule has 0 aliphatic rings. The third-order valence-corrected chi connectivity index (χ3v) is 1.28. The summed E-state index contributed by atoms with van der Waals surface area (Å²) in [4.78, 5) is 0. The molecule has 1 aromatic carbocycles. The van der Waals surface area contributed by atoms with E-state index < -0.39 is 0 Å². The van der Waals surface area contributed by atoms with E-state index in [1.807, 2.05) is 36.4 Å².